The Balaban J connectivity index is 1.41. The van der Waals surface area contributed by atoms with Gasteiger partial charge in [0.25, 0.3) is 0 Å². The molecule has 2 N–H and O–H groups in total. The minimum atomic E-state index is -0.936. The predicted molar refractivity (Wildman–Crippen MR) is 156 cm³/mol. The number of thioether (sulfide) groups is 1. The Bertz CT molecular complexity index is 1160. The summed E-state index contributed by atoms with van der Waals surface area (Å²) < 4.78 is 11.5. The van der Waals surface area contributed by atoms with Crippen LogP contribution in [0.25, 0.3) is 0 Å². The van der Waals surface area contributed by atoms with Crippen molar-refractivity contribution in [3.8, 4) is 11.5 Å². The Labute approximate surface area is 234 Å². The fraction of sp³-hybridized carbons (Fsp3) is 0.312. The largest absolute Gasteiger partial charge is 0.493 e. The van der Waals surface area contributed by atoms with Crippen LogP contribution in [0.1, 0.15) is 47.2 Å². The van der Waals surface area contributed by atoms with Crippen molar-refractivity contribution in [2.24, 2.45) is 0 Å². The zero-order valence-electron chi connectivity index (χ0n) is 22.0. The van der Waals surface area contributed by atoms with Crippen molar-refractivity contribution >= 4 is 23.7 Å². The van der Waals surface area contributed by atoms with Gasteiger partial charge in [0.2, 0.25) is 0 Å². The fourth-order valence-corrected chi connectivity index (χ4v) is 5.01. The summed E-state index contributed by atoms with van der Waals surface area (Å²) >= 11 is 1.73. The van der Waals surface area contributed by atoms with E-state index < -0.39 is 11.9 Å². The molecule has 0 aliphatic heterocycles. The number of carboxylic acids is 2. The fourth-order valence-electron chi connectivity index (χ4n) is 3.86. The summed E-state index contributed by atoms with van der Waals surface area (Å²) in [5.41, 5.74) is 2.56. The van der Waals surface area contributed by atoms with E-state index in [1.807, 2.05) is 54.6 Å². The molecular weight excluding hydrogens is 512 g/mol. The first-order valence-corrected chi connectivity index (χ1v) is 14.3. The average Bonchev–Trinajstić information content (AvgIpc) is 2.94. The Kier molecular flexibility index (Phi) is 13.0. The molecule has 0 saturated heterocycles. The second-order valence-corrected chi connectivity index (χ2v) is 10.4. The number of ether oxygens (including phenoxy) is 2. The summed E-state index contributed by atoms with van der Waals surface area (Å²) in [6, 6.07) is 24.9. The first-order chi connectivity index (χ1) is 19.0. The van der Waals surface area contributed by atoms with Gasteiger partial charge in [-0.15, -0.1) is 0 Å². The Morgan fingerprint density at radius 3 is 2.08 bits per heavy atom. The maximum absolute atomic E-state index is 11.1. The molecule has 0 aliphatic rings. The molecule has 3 aromatic rings. The minimum absolute atomic E-state index is 0.165. The van der Waals surface area contributed by atoms with Gasteiger partial charge in [0.1, 0.15) is 11.5 Å². The molecule has 0 aliphatic carbocycles. The van der Waals surface area contributed by atoms with Gasteiger partial charge in [-0.05, 0) is 79.0 Å². The second kappa shape index (κ2) is 17.0. The molecule has 7 heteroatoms. The van der Waals surface area contributed by atoms with Crippen molar-refractivity contribution in [3.63, 3.8) is 0 Å². The number of carbonyl (C=O) groups is 2. The van der Waals surface area contributed by atoms with E-state index in [1.165, 1.54) is 5.56 Å². The lowest BCUT2D eigenvalue weighted by molar-refractivity contribution is -0.137. The van der Waals surface area contributed by atoms with Crippen LogP contribution in [0, 0.1) is 0 Å². The number of para-hydroxylation sites is 1. The van der Waals surface area contributed by atoms with Gasteiger partial charge in [-0.25, -0.2) is 4.79 Å². The van der Waals surface area contributed by atoms with Crippen LogP contribution in [0.4, 0.5) is 0 Å². The Morgan fingerprint density at radius 2 is 1.44 bits per heavy atom. The summed E-state index contributed by atoms with van der Waals surface area (Å²) in [6.45, 7) is 1.21. The molecule has 1 unspecified atom stereocenters. The molecular formula is C32H36O6S. The zero-order chi connectivity index (χ0) is 27.7. The van der Waals surface area contributed by atoms with E-state index in [4.69, 9.17) is 19.7 Å². The molecule has 0 aromatic heterocycles. The molecule has 3 aromatic carbocycles. The van der Waals surface area contributed by atoms with Crippen LogP contribution in [-0.2, 0) is 17.6 Å². The van der Waals surface area contributed by atoms with E-state index >= 15 is 0 Å². The van der Waals surface area contributed by atoms with Crippen LogP contribution in [0.5, 0.6) is 11.5 Å². The van der Waals surface area contributed by atoms with Crippen LogP contribution in [0.15, 0.2) is 91.0 Å². The first-order valence-electron chi connectivity index (χ1n) is 13.2. The first kappa shape index (κ1) is 29.8. The molecule has 0 radical (unpaired) electrons. The lowest BCUT2D eigenvalue weighted by Crippen LogP contribution is -2.06. The van der Waals surface area contributed by atoms with E-state index in [0.717, 1.165) is 48.5 Å². The van der Waals surface area contributed by atoms with Gasteiger partial charge in [0.15, 0.2) is 0 Å². The molecule has 206 valence electrons. The molecule has 0 spiro atoms. The number of hydrogen-bond donors (Lipinski definition) is 2. The molecule has 0 heterocycles. The lowest BCUT2D eigenvalue weighted by atomic mass is 10.1. The smallest absolute Gasteiger partial charge is 0.335 e. The Morgan fingerprint density at radius 1 is 0.795 bits per heavy atom. The number of allylic oxidation sites excluding steroid dienone is 1. The highest BCUT2D eigenvalue weighted by Gasteiger charge is 2.09. The molecule has 39 heavy (non-hydrogen) atoms. The summed E-state index contributed by atoms with van der Waals surface area (Å²) in [7, 11) is 0. The Hall–Kier alpha value is -3.71. The SMILES string of the molecule is O=C(O)CCCSC(/C=C\CCc1ccc(OCCCOc2ccccc2)cc1)Cc1ccc(C(=O)O)cc1. The van der Waals surface area contributed by atoms with E-state index in [-0.39, 0.29) is 17.2 Å². The van der Waals surface area contributed by atoms with Crippen molar-refractivity contribution in [3.05, 3.63) is 108 Å². The van der Waals surface area contributed by atoms with Crippen LogP contribution in [-0.4, -0.2) is 46.4 Å². The van der Waals surface area contributed by atoms with Gasteiger partial charge in [0.05, 0.1) is 18.8 Å². The molecule has 0 saturated carbocycles. The highest BCUT2D eigenvalue weighted by molar-refractivity contribution is 8.00. The number of benzene rings is 3. The maximum atomic E-state index is 11.1. The average molecular weight is 549 g/mol. The number of rotatable bonds is 18. The minimum Gasteiger partial charge on any atom is -0.493 e. The number of aromatic carboxylic acids is 1. The van der Waals surface area contributed by atoms with Crippen molar-refractivity contribution in [1.29, 1.82) is 0 Å². The summed E-state index contributed by atoms with van der Waals surface area (Å²) in [4.78, 5) is 21.9. The van der Waals surface area contributed by atoms with Gasteiger partial charge in [-0.2, -0.15) is 11.8 Å². The van der Waals surface area contributed by atoms with E-state index in [1.54, 1.807) is 23.9 Å². The van der Waals surface area contributed by atoms with Gasteiger partial charge in [0, 0.05) is 18.1 Å². The maximum Gasteiger partial charge on any atom is 0.335 e. The van der Waals surface area contributed by atoms with Gasteiger partial charge >= 0.3 is 11.9 Å². The monoisotopic (exact) mass is 548 g/mol. The van der Waals surface area contributed by atoms with Crippen molar-refractivity contribution < 1.29 is 29.3 Å². The molecule has 0 amide bonds. The molecule has 1 atom stereocenters. The van der Waals surface area contributed by atoms with Crippen LogP contribution in [0.2, 0.25) is 0 Å². The van der Waals surface area contributed by atoms with Gasteiger partial charge in [-0.1, -0.05) is 54.6 Å². The second-order valence-electron chi connectivity index (χ2n) is 9.09. The number of carboxylic acid groups (broad SMARTS) is 2. The van der Waals surface area contributed by atoms with Crippen molar-refractivity contribution in [1.82, 2.24) is 0 Å². The third kappa shape index (κ3) is 12.1. The molecule has 6 nitrogen and oxygen atoms in total. The zero-order valence-corrected chi connectivity index (χ0v) is 22.9. The molecule has 0 bridgehead atoms. The normalized spacial score (nSPS) is 11.8. The topological polar surface area (TPSA) is 93.1 Å². The molecule has 3 rings (SSSR count). The summed E-state index contributed by atoms with van der Waals surface area (Å²) in [5.74, 6) is 0.762. The van der Waals surface area contributed by atoms with Crippen LogP contribution < -0.4 is 9.47 Å². The number of aliphatic carboxylic acids is 1. The van der Waals surface area contributed by atoms with E-state index in [9.17, 15) is 9.59 Å². The highest BCUT2D eigenvalue weighted by Crippen LogP contribution is 2.21. The van der Waals surface area contributed by atoms with Crippen molar-refractivity contribution in [2.45, 2.75) is 43.8 Å². The molecule has 0 fully saturated rings. The highest BCUT2D eigenvalue weighted by atomic mass is 32.2. The quantitative estimate of drug-likeness (QED) is 0.131. The van der Waals surface area contributed by atoms with Crippen LogP contribution >= 0.6 is 11.8 Å². The predicted octanol–water partition coefficient (Wildman–Crippen LogP) is 6.93. The van der Waals surface area contributed by atoms with E-state index in [2.05, 4.69) is 24.3 Å². The lowest BCUT2D eigenvalue weighted by Gasteiger charge is -2.13. The van der Waals surface area contributed by atoms with Gasteiger partial charge in [-0.3, -0.25) is 4.79 Å². The summed E-state index contributed by atoms with van der Waals surface area (Å²) in [5, 5.41) is 18.2. The third-order valence-corrected chi connectivity index (χ3v) is 7.22. The summed E-state index contributed by atoms with van der Waals surface area (Å²) in [6.07, 6.45) is 8.52. The third-order valence-electron chi connectivity index (χ3n) is 5.95. The standard InChI is InChI=1S/C32H36O6S/c33-31(34)12-6-23-39-30(24-26-13-17-27(18-14-26)32(35)36)11-5-4-8-25-15-19-29(20-16-25)38-22-7-21-37-28-9-2-1-3-10-28/h1-3,5,9-11,13-20,30H,4,6-8,12,21-24H2,(H,33,34)(H,35,36)/b11-5-. The van der Waals surface area contributed by atoms with Gasteiger partial charge < -0.3 is 19.7 Å². The van der Waals surface area contributed by atoms with Crippen molar-refractivity contribution in [2.75, 3.05) is 19.0 Å². The van der Waals surface area contributed by atoms with Crippen LogP contribution in [0.3, 0.4) is 0 Å². The van der Waals surface area contributed by atoms with E-state index in [0.29, 0.717) is 19.6 Å². The number of hydrogen-bond acceptors (Lipinski definition) is 5. The number of aryl methyl sites for hydroxylation is 1.